The van der Waals surface area contributed by atoms with Gasteiger partial charge in [-0.1, -0.05) is 38.5 Å². The molecular formula is C17H26N2O. The molecule has 1 amide bonds. The minimum atomic E-state index is 0.0599. The van der Waals surface area contributed by atoms with Crippen LogP contribution in [-0.2, 0) is 6.42 Å². The van der Waals surface area contributed by atoms with Gasteiger partial charge < -0.3 is 10.6 Å². The van der Waals surface area contributed by atoms with Crippen molar-refractivity contribution in [2.45, 2.75) is 45.6 Å². The molecule has 1 aliphatic rings. The van der Waals surface area contributed by atoms with Crippen LogP contribution in [0.1, 0.15) is 49.0 Å². The van der Waals surface area contributed by atoms with Crippen molar-refractivity contribution in [3.8, 4) is 0 Å². The lowest BCUT2D eigenvalue weighted by Crippen LogP contribution is -2.48. The van der Waals surface area contributed by atoms with Gasteiger partial charge in [-0.3, -0.25) is 4.79 Å². The molecule has 1 aromatic rings. The fourth-order valence-electron chi connectivity index (χ4n) is 3.10. The highest BCUT2D eigenvalue weighted by molar-refractivity contribution is 5.95. The zero-order valence-corrected chi connectivity index (χ0v) is 12.6. The minimum absolute atomic E-state index is 0.0599. The summed E-state index contributed by atoms with van der Waals surface area (Å²) in [5.41, 5.74) is 1.94. The number of carbonyl (C=O) groups is 1. The SMILES string of the molecule is CCc1ccccc1C(=O)NCC1NCCCC1CC. The van der Waals surface area contributed by atoms with Crippen LogP contribution in [0.4, 0.5) is 0 Å². The first kappa shape index (κ1) is 15.0. The lowest BCUT2D eigenvalue weighted by molar-refractivity contribution is 0.0941. The third kappa shape index (κ3) is 3.60. The standard InChI is InChI=1S/C17H26N2O/c1-3-13-8-5-6-10-15(13)17(20)19-12-16-14(4-2)9-7-11-18-16/h5-6,8,10,14,16,18H,3-4,7,9,11-12H2,1-2H3,(H,19,20). The Kier molecular flexibility index (Phi) is 5.60. The van der Waals surface area contributed by atoms with Crippen LogP contribution in [0.15, 0.2) is 24.3 Å². The summed E-state index contributed by atoms with van der Waals surface area (Å²) in [5, 5.41) is 6.65. The van der Waals surface area contributed by atoms with E-state index in [1.165, 1.54) is 19.3 Å². The van der Waals surface area contributed by atoms with E-state index in [-0.39, 0.29) is 5.91 Å². The van der Waals surface area contributed by atoms with Crippen LogP contribution < -0.4 is 10.6 Å². The Morgan fingerprint density at radius 1 is 1.35 bits per heavy atom. The van der Waals surface area contributed by atoms with Crippen LogP contribution >= 0.6 is 0 Å². The van der Waals surface area contributed by atoms with Gasteiger partial charge >= 0.3 is 0 Å². The third-order valence-electron chi connectivity index (χ3n) is 4.38. The lowest BCUT2D eigenvalue weighted by Gasteiger charge is -2.32. The van der Waals surface area contributed by atoms with E-state index >= 15 is 0 Å². The summed E-state index contributed by atoms with van der Waals surface area (Å²) in [6.45, 7) is 6.12. The van der Waals surface area contributed by atoms with Gasteiger partial charge in [-0.2, -0.15) is 0 Å². The monoisotopic (exact) mass is 274 g/mol. The zero-order valence-electron chi connectivity index (χ0n) is 12.6. The van der Waals surface area contributed by atoms with E-state index in [1.807, 2.05) is 24.3 Å². The first-order valence-electron chi connectivity index (χ1n) is 7.85. The minimum Gasteiger partial charge on any atom is -0.350 e. The van der Waals surface area contributed by atoms with E-state index < -0.39 is 0 Å². The molecule has 3 heteroatoms. The summed E-state index contributed by atoms with van der Waals surface area (Å²) in [6, 6.07) is 8.29. The molecule has 1 aliphatic heterocycles. The Morgan fingerprint density at radius 2 is 2.15 bits per heavy atom. The summed E-state index contributed by atoms with van der Waals surface area (Å²) < 4.78 is 0. The molecule has 0 bridgehead atoms. The number of hydrogen-bond acceptors (Lipinski definition) is 2. The molecule has 1 aromatic carbocycles. The Labute approximate surface area is 122 Å². The maximum Gasteiger partial charge on any atom is 0.251 e. The molecule has 0 aliphatic carbocycles. The van der Waals surface area contributed by atoms with Gasteiger partial charge in [-0.05, 0) is 43.4 Å². The van der Waals surface area contributed by atoms with Gasteiger partial charge in [-0.25, -0.2) is 0 Å². The third-order valence-corrected chi connectivity index (χ3v) is 4.38. The van der Waals surface area contributed by atoms with Crippen LogP contribution in [0.5, 0.6) is 0 Å². The summed E-state index contributed by atoms with van der Waals surface area (Å²) >= 11 is 0. The van der Waals surface area contributed by atoms with Crippen molar-refractivity contribution in [2.24, 2.45) is 5.92 Å². The second kappa shape index (κ2) is 7.44. The van der Waals surface area contributed by atoms with E-state index in [2.05, 4.69) is 24.5 Å². The molecule has 20 heavy (non-hydrogen) atoms. The average Bonchev–Trinajstić information content (AvgIpc) is 2.52. The van der Waals surface area contributed by atoms with E-state index in [9.17, 15) is 4.79 Å². The Hall–Kier alpha value is -1.35. The summed E-state index contributed by atoms with van der Waals surface area (Å²) in [7, 11) is 0. The van der Waals surface area contributed by atoms with Crippen molar-refractivity contribution in [1.29, 1.82) is 0 Å². The molecule has 2 unspecified atom stereocenters. The van der Waals surface area contributed by atoms with Crippen LogP contribution in [0, 0.1) is 5.92 Å². The molecule has 2 rings (SSSR count). The van der Waals surface area contributed by atoms with E-state index in [4.69, 9.17) is 0 Å². The van der Waals surface area contributed by atoms with Crippen LogP contribution in [0.25, 0.3) is 0 Å². The first-order valence-corrected chi connectivity index (χ1v) is 7.85. The van der Waals surface area contributed by atoms with Gasteiger partial charge in [0.25, 0.3) is 5.91 Å². The maximum absolute atomic E-state index is 12.3. The van der Waals surface area contributed by atoms with Gasteiger partial charge in [0.2, 0.25) is 0 Å². The fraction of sp³-hybridized carbons (Fsp3) is 0.588. The molecule has 1 saturated heterocycles. The molecule has 1 fully saturated rings. The second-order valence-electron chi connectivity index (χ2n) is 5.59. The predicted molar refractivity (Wildman–Crippen MR) is 83.0 cm³/mol. The Morgan fingerprint density at radius 3 is 2.90 bits per heavy atom. The highest BCUT2D eigenvalue weighted by atomic mass is 16.1. The smallest absolute Gasteiger partial charge is 0.251 e. The molecule has 0 saturated carbocycles. The molecule has 2 N–H and O–H groups in total. The zero-order chi connectivity index (χ0) is 14.4. The van der Waals surface area contributed by atoms with E-state index in [0.29, 0.717) is 12.0 Å². The van der Waals surface area contributed by atoms with Crippen molar-refractivity contribution < 1.29 is 4.79 Å². The van der Waals surface area contributed by atoms with Crippen LogP contribution in [0.2, 0.25) is 0 Å². The van der Waals surface area contributed by atoms with Gasteiger partial charge in [0.05, 0.1) is 0 Å². The molecule has 1 heterocycles. The van der Waals surface area contributed by atoms with Gasteiger partial charge in [-0.15, -0.1) is 0 Å². The number of piperidine rings is 1. The number of benzene rings is 1. The van der Waals surface area contributed by atoms with Crippen molar-refractivity contribution in [3.05, 3.63) is 35.4 Å². The van der Waals surface area contributed by atoms with Crippen molar-refractivity contribution in [3.63, 3.8) is 0 Å². The number of carbonyl (C=O) groups excluding carboxylic acids is 1. The fourth-order valence-corrected chi connectivity index (χ4v) is 3.10. The first-order chi connectivity index (χ1) is 9.76. The number of rotatable bonds is 5. The van der Waals surface area contributed by atoms with Crippen molar-refractivity contribution >= 4 is 5.91 Å². The number of aryl methyl sites for hydroxylation is 1. The molecule has 0 spiro atoms. The number of amides is 1. The largest absolute Gasteiger partial charge is 0.350 e. The van der Waals surface area contributed by atoms with Gasteiger partial charge in [0, 0.05) is 18.2 Å². The number of nitrogens with one attached hydrogen (secondary N) is 2. The van der Waals surface area contributed by atoms with E-state index in [1.54, 1.807) is 0 Å². The van der Waals surface area contributed by atoms with Crippen LogP contribution in [-0.4, -0.2) is 25.0 Å². The highest BCUT2D eigenvalue weighted by Gasteiger charge is 2.23. The molecule has 0 radical (unpaired) electrons. The lowest BCUT2D eigenvalue weighted by atomic mass is 9.88. The van der Waals surface area contributed by atoms with Gasteiger partial charge in [0.15, 0.2) is 0 Å². The second-order valence-corrected chi connectivity index (χ2v) is 5.59. The highest BCUT2D eigenvalue weighted by Crippen LogP contribution is 2.19. The molecular weight excluding hydrogens is 248 g/mol. The van der Waals surface area contributed by atoms with E-state index in [0.717, 1.165) is 30.6 Å². The molecule has 110 valence electrons. The summed E-state index contributed by atoms with van der Waals surface area (Å²) in [5.74, 6) is 0.746. The predicted octanol–water partition coefficient (Wildman–Crippen LogP) is 2.76. The molecule has 3 nitrogen and oxygen atoms in total. The summed E-state index contributed by atoms with van der Waals surface area (Å²) in [6.07, 6.45) is 4.60. The average molecular weight is 274 g/mol. The van der Waals surface area contributed by atoms with Gasteiger partial charge in [0.1, 0.15) is 0 Å². The normalized spacial score (nSPS) is 22.5. The topological polar surface area (TPSA) is 41.1 Å². The molecule has 0 aromatic heterocycles. The Balaban J connectivity index is 1.94. The maximum atomic E-state index is 12.3. The van der Waals surface area contributed by atoms with Crippen molar-refractivity contribution in [1.82, 2.24) is 10.6 Å². The quantitative estimate of drug-likeness (QED) is 0.867. The summed E-state index contributed by atoms with van der Waals surface area (Å²) in [4.78, 5) is 12.3. The number of hydrogen-bond donors (Lipinski definition) is 2. The molecule has 2 atom stereocenters. The van der Waals surface area contributed by atoms with Crippen LogP contribution in [0.3, 0.4) is 0 Å². The van der Waals surface area contributed by atoms with Crippen molar-refractivity contribution in [2.75, 3.05) is 13.1 Å². The Bertz CT molecular complexity index is 444.